The van der Waals surface area contributed by atoms with Crippen molar-refractivity contribution >= 4 is 11.9 Å². The lowest BCUT2D eigenvalue weighted by Crippen LogP contribution is -2.41. The van der Waals surface area contributed by atoms with Crippen molar-refractivity contribution < 1.29 is 19.4 Å². The van der Waals surface area contributed by atoms with Crippen LogP contribution in [-0.4, -0.2) is 54.4 Å². The standard InChI is InChI=1S/C29H56N2O4/c1-6-25-26(33)31(27(34)30-25)24-29(9-4,10-5)20-14-17-23-35-22-16-13-19-28(7-2,8-3)18-12-11-15-21-32/h25,32H,6-24H2,1-5H3,(H,30,34). The van der Waals surface area contributed by atoms with E-state index >= 15 is 0 Å². The molecule has 6 nitrogen and oxygen atoms in total. The molecule has 206 valence electrons. The molecule has 1 aliphatic rings. The molecular weight excluding hydrogens is 440 g/mol. The highest BCUT2D eigenvalue weighted by molar-refractivity contribution is 6.04. The van der Waals surface area contributed by atoms with Crippen LogP contribution in [0.25, 0.3) is 0 Å². The Bertz CT molecular complexity index is 587. The molecule has 6 heteroatoms. The van der Waals surface area contributed by atoms with Crippen molar-refractivity contribution in [3.8, 4) is 0 Å². The van der Waals surface area contributed by atoms with E-state index in [1.165, 1.54) is 43.4 Å². The lowest BCUT2D eigenvalue weighted by Gasteiger charge is -2.34. The Labute approximate surface area is 215 Å². The number of nitrogens with zero attached hydrogens (tertiary/aromatic N) is 1. The van der Waals surface area contributed by atoms with Crippen molar-refractivity contribution in [2.45, 2.75) is 137 Å². The van der Waals surface area contributed by atoms with Gasteiger partial charge in [-0.05, 0) is 68.6 Å². The number of imide groups is 1. The van der Waals surface area contributed by atoms with E-state index in [0.717, 1.165) is 64.6 Å². The Balaban J connectivity index is 2.29. The molecule has 1 rings (SSSR count). The summed E-state index contributed by atoms with van der Waals surface area (Å²) in [6, 6.07) is -0.579. The fraction of sp³-hybridized carbons (Fsp3) is 0.931. The van der Waals surface area contributed by atoms with Crippen LogP contribution in [0.2, 0.25) is 0 Å². The van der Waals surface area contributed by atoms with E-state index < -0.39 is 0 Å². The number of hydrogen-bond donors (Lipinski definition) is 2. The molecule has 0 radical (unpaired) electrons. The van der Waals surface area contributed by atoms with Crippen LogP contribution in [0.1, 0.15) is 131 Å². The number of rotatable bonds is 22. The summed E-state index contributed by atoms with van der Waals surface area (Å²) < 4.78 is 5.95. The molecule has 2 N–H and O–H groups in total. The maximum absolute atomic E-state index is 12.6. The fourth-order valence-corrected chi connectivity index (χ4v) is 5.63. The van der Waals surface area contributed by atoms with E-state index in [1.54, 1.807) is 0 Å². The summed E-state index contributed by atoms with van der Waals surface area (Å²) in [6.07, 6.45) is 16.4. The number of ether oxygens (including phenoxy) is 1. The van der Waals surface area contributed by atoms with Crippen LogP contribution in [0, 0.1) is 10.8 Å². The zero-order valence-corrected chi connectivity index (χ0v) is 23.6. The largest absolute Gasteiger partial charge is 0.396 e. The van der Waals surface area contributed by atoms with Gasteiger partial charge in [0.1, 0.15) is 6.04 Å². The van der Waals surface area contributed by atoms with Crippen LogP contribution in [-0.2, 0) is 9.53 Å². The van der Waals surface area contributed by atoms with Crippen molar-refractivity contribution in [2.24, 2.45) is 10.8 Å². The first kappa shape index (κ1) is 31.9. The minimum atomic E-state index is -0.353. The van der Waals surface area contributed by atoms with Gasteiger partial charge in [0.05, 0.1) is 0 Å². The van der Waals surface area contributed by atoms with E-state index in [9.17, 15) is 9.59 Å². The minimum Gasteiger partial charge on any atom is -0.396 e. The molecule has 3 amide bonds. The SMILES string of the molecule is CCC1NC(=O)N(CC(CC)(CC)CCCCOCCCCC(CC)(CC)CCCCCO)C1=O. The Kier molecular flexibility index (Phi) is 15.8. The van der Waals surface area contributed by atoms with Crippen LogP contribution in [0.4, 0.5) is 4.79 Å². The summed E-state index contributed by atoms with van der Waals surface area (Å²) in [7, 11) is 0. The zero-order chi connectivity index (χ0) is 26.2. The summed E-state index contributed by atoms with van der Waals surface area (Å²) >= 11 is 0. The van der Waals surface area contributed by atoms with Gasteiger partial charge in [0.2, 0.25) is 0 Å². The van der Waals surface area contributed by atoms with Gasteiger partial charge in [-0.25, -0.2) is 4.79 Å². The number of aliphatic hydroxyl groups is 1. The highest BCUT2D eigenvalue weighted by Crippen LogP contribution is 2.38. The van der Waals surface area contributed by atoms with Gasteiger partial charge in [-0.3, -0.25) is 9.69 Å². The molecule has 35 heavy (non-hydrogen) atoms. The first-order valence-electron chi connectivity index (χ1n) is 14.7. The third-order valence-electron chi connectivity index (χ3n) is 8.87. The second kappa shape index (κ2) is 17.3. The number of nitrogens with one attached hydrogen (secondary N) is 1. The van der Waals surface area contributed by atoms with Crippen LogP contribution in [0.5, 0.6) is 0 Å². The van der Waals surface area contributed by atoms with Crippen LogP contribution in [0.3, 0.4) is 0 Å². The number of aliphatic hydroxyl groups excluding tert-OH is 1. The first-order chi connectivity index (χ1) is 16.9. The lowest BCUT2D eigenvalue weighted by atomic mass is 9.74. The number of amides is 3. The summed E-state index contributed by atoms with van der Waals surface area (Å²) in [6.45, 7) is 13.4. The minimum absolute atomic E-state index is 0.00353. The van der Waals surface area contributed by atoms with Gasteiger partial charge in [-0.15, -0.1) is 0 Å². The molecule has 0 aromatic heterocycles. The second-order valence-electron chi connectivity index (χ2n) is 10.8. The van der Waals surface area contributed by atoms with Gasteiger partial charge in [0.15, 0.2) is 0 Å². The van der Waals surface area contributed by atoms with Crippen LogP contribution in [0.15, 0.2) is 0 Å². The summed E-state index contributed by atoms with van der Waals surface area (Å²) in [5.74, 6) is -0.0626. The molecule has 0 aromatic carbocycles. The van der Waals surface area contributed by atoms with Gasteiger partial charge >= 0.3 is 6.03 Å². The van der Waals surface area contributed by atoms with Crippen LogP contribution >= 0.6 is 0 Å². The van der Waals surface area contributed by atoms with Gasteiger partial charge < -0.3 is 15.2 Å². The Morgan fingerprint density at radius 2 is 1.29 bits per heavy atom. The van der Waals surface area contributed by atoms with Crippen molar-refractivity contribution in [3.63, 3.8) is 0 Å². The predicted octanol–water partition coefficient (Wildman–Crippen LogP) is 6.84. The average Bonchev–Trinajstić information content (AvgIpc) is 3.15. The predicted molar refractivity (Wildman–Crippen MR) is 144 cm³/mol. The van der Waals surface area contributed by atoms with E-state index in [-0.39, 0.29) is 23.4 Å². The molecule has 1 aliphatic heterocycles. The molecule has 0 aromatic rings. The molecule has 0 bridgehead atoms. The molecule has 1 fully saturated rings. The molecule has 1 atom stereocenters. The summed E-state index contributed by atoms with van der Waals surface area (Å²) in [5, 5.41) is 11.8. The molecule has 1 unspecified atom stereocenters. The number of hydrogen-bond acceptors (Lipinski definition) is 4. The summed E-state index contributed by atoms with van der Waals surface area (Å²) in [5.41, 5.74) is 0.459. The van der Waals surface area contributed by atoms with Crippen LogP contribution < -0.4 is 5.32 Å². The zero-order valence-electron chi connectivity index (χ0n) is 23.6. The van der Waals surface area contributed by atoms with Gasteiger partial charge in [-0.1, -0.05) is 73.1 Å². The Morgan fingerprint density at radius 1 is 0.771 bits per heavy atom. The van der Waals surface area contributed by atoms with Crippen molar-refractivity contribution in [3.05, 3.63) is 0 Å². The van der Waals surface area contributed by atoms with Gasteiger partial charge in [0.25, 0.3) is 5.91 Å². The van der Waals surface area contributed by atoms with Crippen molar-refractivity contribution in [2.75, 3.05) is 26.4 Å². The molecule has 1 saturated heterocycles. The van der Waals surface area contributed by atoms with Gasteiger partial charge in [0, 0.05) is 26.4 Å². The quantitative estimate of drug-likeness (QED) is 0.127. The van der Waals surface area contributed by atoms with Gasteiger partial charge in [-0.2, -0.15) is 0 Å². The molecule has 0 aliphatic carbocycles. The normalized spacial score (nSPS) is 16.9. The number of unbranched alkanes of at least 4 members (excludes halogenated alkanes) is 4. The molecule has 0 spiro atoms. The summed E-state index contributed by atoms with van der Waals surface area (Å²) in [4.78, 5) is 26.3. The van der Waals surface area contributed by atoms with Crippen molar-refractivity contribution in [1.82, 2.24) is 10.2 Å². The smallest absolute Gasteiger partial charge is 0.324 e. The van der Waals surface area contributed by atoms with Crippen molar-refractivity contribution in [1.29, 1.82) is 0 Å². The molecular formula is C29H56N2O4. The van der Waals surface area contributed by atoms with E-state index in [2.05, 4.69) is 33.0 Å². The average molecular weight is 497 g/mol. The fourth-order valence-electron chi connectivity index (χ4n) is 5.63. The van der Waals surface area contributed by atoms with E-state index in [4.69, 9.17) is 9.84 Å². The monoisotopic (exact) mass is 496 g/mol. The second-order valence-corrected chi connectivity index (χ2v) is 10.8. The maximum Gasteiger partial charge on any atom is 0.324 e. The lowest BCUT2D eigenvalue weighted by molar-refractivity contribution is -0.128. The highest BCUT2D eigenvalue weighted by atomic mass is 16.5. The highest BCUT2D eigenvalue weighted by Gasteiger charge is 2.41. The van der Waals surface area contributed by atoms with E-state index in [1.807, 2.05) is 6.92 Å². The first-order valence-corrected chi connectivity index (χ1v) is 14.7. The topological polar surface area (TPSA) is 78.9 Å². The Hall–Kier alpha value is -1.14. The number of urea groups is 1. The maximum atomic E-state index is 12.6. The molecule has 1 heterocycles. The molecule has 0 saturated carbocycles. The third-order valence-corrected chi connectivity index (χ3v) is 8.87. The number of carbonyl (C=O) groups excluding carboxylic acids is 2. The number of carbonyl (C=O) groups is 2. The third kappa shape index (κ3) is 10.4. The van der Waals surface area contributed by atoms with E-state index in [0.29, 0.717) is 25.0 Å². The Morgan fingerprint density at radius 3 is 1.74 bits per heavy atom.